The van der Waals surface area contributed by atoms with Gasteiger partial charge >= 0.3 is 0 Å². The number of likely N-dealkylation sites (tertiary alicyclic amines) is 1. The Morgan fingerprint density at radius 1 is 1.41 bits per heavy atom. The predicted octanol–water partition coefficient (Wildman–Crippen LogP) is 1.26. The van der Waals surface area contributed by atoms with Crippen molar-refractivity contribution in [2.24, 2.45) is 0 Å². The maximum Gasteiger partial charge on any atom is 0.217 e. The van der Waals surface area contributed by atoms with Crippen LogP contribution >= 0.6 is 0 Å². The van der Waals surface area contributed by atoms with Gasteiger partial charge in [-0.05, 0) is 38.3 Å². The van der Waals surface area contributed by atoms with Gasteiger partial charge in [-0.2, -0.15) is 0 Å². The third-order valence-corrected chi connectivity index (χ3v) is 4.40. The van der Waals surface area contributed by atoms with E-state index in [1.807, 2.05) is 6.92 Å². The molecule has 0 spiro atoms. The average molecular weight is 309 g/mol. The van der Waals surface area contributed by atoms with Crippen LogP contribution in [0.3, 0.4) is 0 Å². The number of amides is 1. The molecule has 0 unspecified atom stereocenters. The fourth-order valence-corrected chi connectivity index (χ4v) is 3.42. The number of carbonyl (C=O) groups is 1. The zero-order chi connectivity index (χ0) is 15.8. The van der Waals surface area contributed by atoms with Crippen LogP contribution in [0.5, 0.6) is 0 Å². The van der Waals surface area contributed by atoms with E-state index in [0.717, 1.165) is 65.3 Å². The number of rotatable bonds is 7. The summed E-state index contributed by atoms with van der Waals surface area (Å²) < 4.78 is 5.46. The summed E-state index contributed by atoms with van der Waals surface area (Å²) in [7, 11) is 0. The molecule has 0 aromatic carbocycles. The first-order valence-corrected chi connectivity index (χ1v) is 8.65. The number of carbonyl (C=O) groups excluding carboxylic acids is 1. The first kappa shape index (κ1) is 17.4. The van der Waals surface area contributed by atoms with E-state index in [2.05, 4.69) is 21.2 Å². The van der Waals surface area contributed by atoms with Gasteiger partial charge in [0.05, 0.1) is 6.61 Å². The first-order valence-electron chi connectivity index (χ1n) is 8.65. The fourth-order valence-electron chi connectivity index (χ4n) is 3.42. The lowest BCUT2D eigenvalue weighted by molar-refractivity contribution is -0.120. The Kier molecular flexibility index (Phi) is 7.36. The molecule has 2 aliphatic rings. The Morgan fingerprint density at radius 3 is 3.05 bits per heavy atom. The lowest BCUT2D eigenvalue weighted by Crippen LogP contribution is -2.48. The highest BCUT2D eigenvalue weighted by Gasteiger charge is 2.22. The summed E-state index contributed by atoms with van der Waals surface area (Å²) in [5.74, 6) is 0.0887. The molecule has 2 heterocycles. The van der Waals surface area contributed by atoms with E-state index >= 15 is 0 Å². The average Bonchev–Trinajstić information content (AvgIpc) is 2.47. The molecule has 0 aromatic heterocycles. The summed E-state index contributed by atoms with van der Waals surface area (Å²) in [6.45, 7) is 11.7. The molecule has 126 valence electrons. The Hall–Kier alpha value is -0.910. The smallest absolute Gasteiger partial charge is 0.217 e. The van der Waals surface area contributed by atoms with Crippen molar-refractivity contribution in [2.75, 3.05) is 52.5 Å². The number of hydrogen-bond donors (Lipinski definition) is 1. The van der Waals surface area contributed by atoms with Crippen LogP contribution in [0, 0.1) is 0 Å². The Balaban J connectivity index is 1.75. The van der Waals surface area contributed by atoms with Crippen molar-refractivity contribution in [3.8, 4) is 0 Å². The molecule has 1 amide bonds. The van der Waals surface area contributed by atoms with Crippen molar-refractivity contribution in [1.82, 2.24) is 15.1 Å². The van der Waals surface area contributed by atoms with E-state index in [0.29, 0.717) is 6.04 Å². The van der Waals surface area contributed by atoms with Crippen LogP contribution in [-0.2, 0) is 9.53 Å². The van der Waals surface area contributed by atoms with E-state index in [4.69, 9.17) is 4.74 Å². The van der Waals surface area contributed by atoms with E-state index in [1.54, 1.807) is 6.92 Å². The summed E-state index contributed by atoms with van der Waals surface area (Å²) in [6, 6.07) is 0.324. The first-order chi connectivity index (χ1) is 10.7. The zero-order valence-corrected chi connectivity index (χ0v) is 14.1. The predicted molar refractivity (Wildman–Crippen MR) is 88.9 cm³/mol. The van der Waals surface area contributed by atoms with Crippen molar-refractivity contribution in [3.63, 3.8) is 0 Å². The van der Waals surface area contributed by atoms with Gasteiger partial charge in [0, 0.05) is 52.3 Å². The summed E-state index contributed by atoms with van der Waals surface area (Å²) in [4.78, 5) is 16.2. The molecule has 2 aliphatic heterocycles. The summed E-state index contributed by atoms with van der Waals surface area (Å²) >= 11 is 0. The molecular weight excluding hydrogens is 278 g/mol. The summed E-state index contributed by atoms with van der Waals surface area (Å²) in [6.07, 6.45) is 5.82. The maximum atomic E-state index is 11.2. The Bertz CT molecular complexity index is 384. The molecule has 22 heavy (non-hydrogen) atoms. The van der Waals surface area contributed by atoms with Crippen LogP contribution in [0.25, 0.3) is 0 Å². The quantitative estimate of drug-likeness (QED) is 0.568. The van der Waals surface area contributed by atoms with Crippen molar-refractivity contribution >= 4 is 5.91 Å². The summed E-state index contributed by atoms with van der Waals surface area (Å²) in [5.41, 5.74) is 1.52. The zero-order valence-electron chi connectivity index (χ0n) is 14.1. The van der Waals surface area contributed by atoms with Gasteiger partial charge in [0.25, 0.3) is 0 Å². The topological polar surface area (TPSA) is 44.8 Å². The lowest BCUT2D eigenvalue weighted by atomic mass is 10.0. The van der Waals surface area contributed by atoms with Gasteiger partial charge in [0.1, 0.15) is 0 Å². The highest BCUT2D eigenvalue weighted by molar-refractivity contribution is 5.73. The minimum atomic E-state index is 0.0887. The van der Waals surface area contributed by atoms with E-state index in [9.17, 15) is 4.79 Å². The molecule has 0 aromatic rings. The molecule has 2 rings (SSSR count). The molecule has 1 N–H and O–H groups in total. The number of hydrogen-bond acceptors (Lipinski definition) is 4. The normalized spacial score (nSPS) is 24.1. The SMILES string of the molecule is CCOCCN1CCC=C(CN2CCC[C@@H](NC(C)=O)C2)C1. The van der Waals surface area contributed by atoms with E-state index in [1.165, 1.54) is 12.0 Å². The van der Waals surface area contributed by atoms with Crippen LogP contribution < -0.4 is 5.32 Å². The molecule has 1 atom stereocenters. The standard InChI is InChI=1S/C17H31N3O2/c1-3-22-11-10-19-8-4-6-16(12-19)13-20-9-5-7-17(14-20)18-15(2)21/h6,17H,3-5,7-14H2,1-2H3,(H,18,21)/t17-/m1/s1. The van der Waals surface area contributed by atoms with E-state index < -0.39 is 0 Å². The molecule has 0 aliphatic carbocycles. The molecule has 0 saturated carbocycles. The molecule has 5 nitrogen and oxygen atoms in total. The maximum absolute atomic E-state index is 11.2. The van der Waals surface area contributed by atoms with Gasteiger partial charge in [-0.1, -0.05) is 6.08 Å². The van der Waals surface area contributed by atoms with Crippen molar-refractivity contribution in [1.29, 1.82) is 0 Å². The van der Waals surface area contributed by atoms with Crippen molar-refractivity contribution in [2.45, 2.75) is 39.2 Å². The van der Waals surface area contributed by atoms with Gasteiger partial charge < -0.3 is 10.1 Å². The highest BCUT2D eigenvalue weighted by atomic mass is 16.5. The largest absolute Gasteiger partial charge is 0.380 e. The van der Waals surface area contributed by atoms with Crippen molar-refractivity contribution in [3.05, 3.63) is 11.6 Å². The molecule has 1 fully saturated rings. The van der Waals surface area contributed by atoms with Crippen LogP contribution in [0.2, 0.25) is 0 Å². The number of piperidine rings is 1. The van der Waals surface area contributed by atoms with E-state index in [-0.39, 0.29) is 5.91 Å². The number of nitrogens with zero attached hydrogens (tertiary/aromatic N) is 2. The van der Waals surface area contributed by atoms with Crippen LogP contribution in [-0.4, -0.2) is 74.2 Å². The monoisotopic (exact) mass is 309 g/mol. The molecule has 1 saturated heterocycles. The minimum absolute atomic E-state index is 0.0887. The van der Waals surface area contributed by atoms with Gasteiger partial charge in [-0.3, -0.25) is 14.6 Å². The molecule has 0 bridgehead atoms. The lowest BCUT2D eigenvalue weighted by Gasteiger charge is -2.35. The molecular formula is C17H31N3O2. The molecule has 5 heteroatoms. The van der Waals surface area contributed by atoms with Crippen LogP contribution in [0.1, 0.15) is 33.1 Å². The van der Waals surface area contributed by atoms with Gasteiger partial charge in [-0.25, -0.2) is 0 Å². The third-order valence-electron chi connectivity index (χ3n) is 4.40. The second kappa shape index (κ2) is 9.28. The Labute approximate surface area is 134 Å². The van der Waals surface area contributed by atoms with Crippen LogP contribution in [0.4, 0.5) is 0 Å². The van der Waals surface area contributed by atoms with Gasteiger partial charge in [0.2, 0.25) is 5.91 Å². The fraction of sp³-hybridized carbons (Fsp3) is 0.824. The number of nitrogens with one attached hydrogen (secondary N) is 1. The summed E-state index contributed by atoms with van der Waals surface area (Å²) in [5, 5.41) is 3.07. The van der Waals surface area contributed by atoms with Crippen LogP contribution in [0.15, 0.2) is 11.6 Å². The second-order valence-electron chi connectivity index (χ2n) is 6.40. The minimum Gasteiger partial charge on any atom is -0.380 e. The van der Waals surface area contributed by atoms with Gasteiger partial charge in [-0.15, -0.1) is 0 Å². The van der Waals surface area contributed by atoms with Crippen molar-refractivity contribution < 1.29 is 9.53 Å². The third kappa shape index (κ3) is 6.07. The highest BCUT2D eigenvalue weighted by Crippen LogP contribution is 2.15. The number of ether oxygens (including phenoxy) is 1. The Morgan fingerprint density at radius 2 is 2.27 bits per heavy atom. The van der Waals surface area contributed by atoms with Gasteiger partial charge in [0.15, 0.2) is 0 Å². The molecule has 0 radical (unpaired) electrons. The second-order valence-corrected chi connectivity index (χ2v) is 6.40.